The van der Waals surface area contributed by atoms with E-state index in [0.717, 1.165) is 16.9 Å². The van der Waals surface area contributed by atoms with Gasteiger partial charge in [0.15, 0.2) is 0 Å². The highest BCUT2D eigenvalue weighted by molar-refractivity contribution is 6.31. The standard InChI is InChI=1S/C13H14ClN3O2/c1-8-10(14)4-3-5-12(8)17-9(2)11(15-16-17)6-7-13(18)19/h3-5H,6-7H2,1-2H3,(H,18,19). The Morgan fingerprint density at radius 1 is 1.42 bits per heavy atom. The van der Waals surface area contributed by atoms with E-state index in [1.54, 1.807) is 4.68 Å². The minimum Gasteiger partial charge on any atom is -0.481 e. The summed E-state index contributed by atoms with van der Waals surface area (Å²) >= 11 is 6.09. The Labute approximate surface area is 115 Å². The first-order chi connectivity index (χ1) is 9.00. The lowest BCUT2D eigenvalue weighted by Gasteiger charge is -2.08. The maximum absolute atomic E-state index is 10.6. The molecule has 5 nitrogen and oxygen atoms in total. The second-order valence-electron chi connectivity index (χ2n) is 4.31. The number of nitrogens with zero attached hydrogens (tertiary/aromatic N) is 3. The molecule has 0 aliphatic rings. The SMILES string of the molecule is Cc1c(Cl)cccc1-n1nnc(CCC(=O)O)c1C. The number of hydrogen-bond acceptors (Lipinski definition) is 3. The molecule has 100 valence electrons. The molecule has 2 aromatic rings. The molecule has 0 radical (unpaired) electrons. The van der Waals surface area contributed by atoms with Crippen molar-refractivity contribution in [3.8, 4) is 5.69 Å². The molecule has 1 aromatic carbocycles. The lowest BCUT2D eigenvalue weighted by atomic mass is 10.1. The Morgan fingerprint density at radius 3 is 2.84 bits per heavy atom. The van der Waals surface area contributed by atoms with Gasteiger partial charge in [-0.05, 0) is 31.5 Å². The van der Waals surface area contributed by atoms with Crippen LogP contribution in [0.2, 0.25) is 5.02 Å². The summed E-state index contributed by atoms with van der Waals surface area (Å²) in [4.78, 5) is 10.6. The molecule has 0 atom stereocenters. The van der Waals surface area contributed by atoms with Crippen LogP contribution in [0.4, 0.5) is 0 Å². The third kappa shape index (κ3) is 2.76. The van der Waals surface area contributed by atoms with Gasteiger partial charge in [0.2, 0.25) is 0 Å². The average molecular weight is 280 g/mol. The van der Waals surface area contributed by atoms with Crippen LogP contribution in [-0.2, 0) is 11.2 Å². The molecule has 0 amide bonds. The van der Waals surface area contributed by atoms with E-state index >= 15 is 0 Å². The van der Waals surface area contributed by atoms with Crippen LogP contribution >= 0.6 is 11.6 Å². The molecule has 0 saturated carbocycles. The molecule has 6 heteroatoms. The van der Waals surface area contributed by atoms with Crippen molar-refractivity contribution in [1.82, 2.24) is 15.0 Å². The minimum atomic E-state index is -0.840. The number of rotatable bonds is 4. The Hall–Kier alpha value is -1.88. The van der Waals surface area contributed by atoms with Gasteiger partial charge in [-0.3, -0.25) is 4.79 Å². The van der Waals surface area contributed by atoms with Crippen LogP contribution in [0.1, 0.15) is 23.4 Å². The summed E-state index contributed by atoms with van der Waals surface area (Å²) in [6, 6.07) is 5.57. The fourth-order valence-electron chi connectivity index (χ4n) is 1.87. The van der Waals surface area contributed by atoms with Crippen molar-refractivity contribution in [2.75, 3.05) is 0 Å². The summed E-state index contributed by atoms with van der Waals surface area (Å²) in [5.41, 5.74) is 3.31. The Bertz CT molecular complexity index is 622. The lowest BCUT2D eigenvalue weighted by molar-refractivity contribution is -0.136. The molecular formula is C13H14ClN3O2. The highest BCUT2D eigenvalue weighted by atomic mass is 35.5. The van der Waals surface area contributed by atoms with Crippen molar-refractivity contribution < 1.29 is 9.90 Å². The summed E-state index contributed by atoms with van der Waals surface area (Å²) in [6.07, 6.45) is 0.425. The molecule has 0 bridgehead atoms. The molecule has 1 aromatic heterocycles. The van der Waals surface area contributed by atoms with Crippen LogP contribution in [0.3, 0.4) is 0 Å². The third-order valence-corrected chi connectivity index (χ3v) is 3.44. The zero-order chi connectivity index (χ0) is 14.0. The van der Waals surface area contributed by atoms with Gasteiger partial charge in [-0.25, -0.2) is 4.68 Å². The number of aliphatic carboxylic acids is 1. The second kappa shape index (κ2) is 5.40. The van der Waals surface area contributed by atoms with Crippen LogP contribution < -0.4 is 0 Å². The van der Waals surface area contributed by atoms with E-state index in [1.165, 1.54) is 0 Å². The number of aryl methyl sites for hydroxylation is 1. The summed E-state index contributed by atoms with van der Waals surface area (Å²) in [6.45, 7) is 3.78. The third-order valence-electron chi connectivity index (χ3n) is 3.03. The van der Waals surface area contributed by atoms with Gasteiger partial charge in [0.05, 0.1) is 23.5 Å². The number of carboxylic acid groups (broad SMARTS) is 1. The van der Waals surface area contributed by atoms with E-state index in [9.17, 15) is 4.79 Å². The van der Waals surface area contributed by atoms with E-state index in [2.05, 4.69) is 10.3 Å². The summed E-state index contributed by atoms with van der Waals surface area (Å²) in [5, 5.41) is 17.5. The number of carbonyl (C=O) groups is 1. The molecular weight excluding hydrogens is 266 g/mol. The zero-order valence-electron chi connectivity index (χ0n) is 10.7. The van der Waals surface area contributed by atoms with Gasteiger partial charge in [0.25, 0.3) is 0 Å². The lowest BCUT2D eigenvalue weighted by Crippen LogP contribution is -2.03. The molecule has 0 aliphatic heterocycles. The first-order valence-electron chi connectivity index (χ1n) is 5.89. The molecule has 0 spiro atoms. The van der Waals surface area contributed by atoms with Gasteiger partial charge < -0.3 is 5.11 Å². The van der Waals surface area contributed by atoms with E-state index in [4.69, 9.17) is 16.7 Å². The molecule has 0 saturated heterocycles. The predicted octanol–water partition coefficient (Wildman–Crippen LogP) is 2.55. The first kappa shape index (κ1) is 13.5. The fraction of sp³-hybridized carbons (Fsp3) is 0.308. The molecule has 0 aliphatic carbocycles. The smallest absolute Gasteiger partial charge is 0.303 e. The highest BCUT2D eigenvalue weighted by Crippen LogP contribution is 2.23. The summed E-state index contributed by atoms with van der Waals surface area (Å²) in [5.74, 6) is -0.840. The van der Waals surface area contributed by atoms with Crippen LogP contribution in [0.25, 0.3) is 5.69 Å². The van der Waals surface area contributed by atoms with Gasteiger partial charge in [-0.1, -0.05) is 22.9 Å². The number of benzene rings is 1. The molecule has 0 unspecified atom stereocenters. The first-order valence-corrected chi connectivity index (χ1v) is 6.27. The molecule has 1 heterocycles. The predicted molar refractivity (Wildman–Crippen MR) is 71.8 cm³/mol. The Morgan fingerprint density at radius 2 is 2.16 bits per heavy atom. The largest absolute Gasteiger partial charge is 0.481 e. The van der Waals surface area contributed by atoms with E-state index < -0.39 is 5.97 Å². The van der Waals surface area contributed by atoms with E-state index in [-0.39, 0.29) is 6.42 Å². The number of carboxylic acids is 1. The normalized spacial score (nSPS) is 10.7. The summed E-state index contributed by atoms with van der Waals surface area (Å²) in [7, 11) is 0. The van der Waals surface area contributed by atoms with Crippen molar-refractivity contribution in [1.29, 1.82) is 0 Å². The summed E-state index contributed by atoms with van der Waals surface area (Å²) < 4.78 is 1.69. The van der Waals surface area contributed by atoms with Crippen LogP contribution in [-0.4, -0.2) is 26.1 Å². The van der Waals surface area contributed by atoms with Crippen molar-refractivity contribution in [3.05, 3.63) is 40.2 Å². The highest BCUT2D eigenvalue weighted by Gasteiger charge is 2.13. The van der Waals surface area contributed by atoms with Crippen LogP contribution in [0.15, 0.2) is 18.2 Å². The maximum Gasteiger partial charge on any atom is 0.303 e. The van der Waals surface area contributed by atoms with Crippen LogP contribution in [0.5, 0.6) is 0 Å². The second-order valence-corrected chi connectivity index (χ2v) is 4.72. The zero-order valence-corrected chi connectivity index (χ0v) is 11.5. The average Bonchev–Trinajstić information content (AvgIpc) is 2.72. The minimum absolute atomic E-state index is 0.0497. The quantitative estimate of drug-likeness (QED) is 0.934. The number of halogens is 1. The monoisotopic (exact) mass is 279 g/mol. The van der Waals surface area contributed by atoms with Gasteiger partial charge in [-0.15, -0.1) is 5.10 Å². The van der Waals surface area contributed by atoms with Crippen LogP contribution in [0, 0.1) is 13.8 Å². The number of hydrogen-bond donors (Lipinski definition) is 1. The maximum atomic E-state index is 10.6. The fourth-order valence-corrected chi connectivity index (χ4v) is 2.04. The van der Waals surface area contributed by atoms with Crippen molar-refractivity contribution >= 4 is 17.6 Å². The topological polar surface area (TPSA) is 68.0 Å². The van der Waals surface area contributed by atoms with Gasteiger partial charge in [0.1, 0.15) is 0 Å². The van der Waals surface area contributed by atoms with E-state index in [0.29, 0.717) is 17.1 Å². The van der Waals surface area contributed by atoms with E-state index in [1.807, 2.05) is 32.0 Å². The van der Waals surface area contributed by atoms with Gasteiger partial charge >= 0.3 is 5.97 Å². The van der Waals surface area contributed by atoms with Crippen molar-refractivity contribution in [2.24, 2.45) is 0 Å². The Balaban J connectivity index is 2.36. The molecule has 0 fully saturated rings. The van der Waals surface area contributed by atoms with Crippen molar-refractivity contribution in [2.45, 2.75) is 26.7 Å². The molecule has 1 N–H and O–H groups in total. The molecule has 19 heavy (non-hydrogen) atoms. The number of aromatic nitrogens is 3. The molecule has 2 rings (SSSR count). The van der Waals surface area contributed by atoms with Gasteiger partial charge in [0, 0.05) is 11.4 Å². The van der Waals surface area contributed by atoms with Gasteiger partial charge in [-0.2, -0.15) is 0 Å². The Kier molecular flexibility index (Phi) is 3.85. The van der Waals surface area contributed by atoms with Crippen molar-refractivity contribution in [3.63, 3.8) is 0 Å².